The Labute approximate surface area is 201 Å². The summed E-state index contributed by atoms with van der Waals surface area (Å²) >= 11 is 0. The minimum atomic E-state index is -0.895. The van der Waals surface area contributed by atoms with Gasteiger partial charge in [-0.15, -0.1) is 0 Å². The van der Waals surface area contributed by atoms with Crippen LogP contribution in [0.25, 0.3) is 11.1 Å². The Morgan fingerprint density at radius 2 is 1.77 bits per heavy atom. The van der Waals surface area contributed by atoms with Gasteiger partial charge in [0.1, 0.15) is 12.6 Å². The Morgan fingerprint density at radius 1 is 1.09 bits per heavy atom. The Hall–Kier alpha value is -4.14. The highest BCUT2D eigenvalue weighted by molar-refractivity contribution is 5.86. The van der Waals surface area contributed by atoms with Crippen molar-refractivity contribution in [2.75, 3.05) is 13.2 Å². The van der Waals surface area contributed by atoms with Crippen LogP contribution in [0.1, 0.15) is 29.2 Å². The summed E-state index contributed by atoms with van der Waals surface area (Å²) in [5.41, 5.74) is 5.15. The molecule has 9 heteroatoms. The number of aromatic nitrogens is 2. The van der Waals surface area contributed by atoms with E-state index in [2.05, 4.69) is 32.7 Å². The molecular weight excluding hydrogens is 448 g/mol. The highest BCUT2D eigenvalue weighted by atomic mass is 16.5. The van der Waals surface area contributed by atoms with Crippen LogP contribution in [0.2, 0.25) is 0 Å². The van der Waals surface area contributed by atoms with E-state index in [-0.39, 0.29) is 31.4 Å². The summed E-state index contributed by atoms with van der Waals surface area (Å²) in [5.74, 6) is -1.84. The molecule has 2 aliphatic carbocycles. The maximum atomic E-state index is 12.8. The van der Waals surface area contributed by atoms with Crippen molar-refractivity contribution >= 4 is 18.0 Å². The number of ether oxygens (including phenoxy) is 1. The summed E-state index contributed by atoms with van der Waals surface area (Å²) in [6, 6.07) is 15.2. The van der Waals surface area contributed by atoms with Gasteiger partial charge < -0.3 is 25.5 Å². The minimum absolute atomic E-state index is 0.0845. The van der Waals surface area contributed by atoms with Crippen LogP contribution in [0.5, 0.6) is 0 Å². The fraction of sp³-hybridized carbons (Fsp3) is 0.308. The summed E-state index contributed by atoms with van der Waals surface area (Å²) < 4.78 is 5.59. The molecule has 35 heavy (non-hydrogen) atoms. The van der Waals surface area contributed by atoms with Crippen LogP contribution in [-0.2, 0) is 20.7 Å². The van der Waals surface area contributed by atoms with Crippen LogP contribution >= 0.6 is 0 Å². The third kappa shape index (κ3) is 4.89. The number of carboxylic acids is 1. The molecule has 0 spiro atoms. The first-order chi connectivity index (χ1) is 17.0. The van der Waals surface area contributed by atoms with Crippen LogP contribution < -0.4 is 10.6 Å². The molecule has 5 rings (SSSR count). The van der Waals surface area contributed by atoms with Crippen molar-refractivity contribution in [2.45, 2.75) is 24.8 Å². The first-order valence-electron chi connectivity index (χ1n) is 11.6. The minimum Gasteiger partial charge on any atom is -0.481 e. The van der Waals surface area contributed by atoms with E-state index in [9.17, 15) is 14.4 Å². The lowest BCUT2D eigenvalue weighted by atomic mass is 9.98. The van der Waals surface area contributed by atoms with Crippen molar-refractivity contribution in [3.8, 4) is 11.1 Å². The number of hydrogen-bond donors (Lipinski definition) is 4. The lowest BCUT2D eigenvalue weighted by Crippen LogP contribution is -2.49. The molecule has 0 saturated heterocycles. The molecule has 9 nitrogen and oxygen atoms in total. The van der Waals surface area contributed by atoms with Gasteiger partial charge >= 0.3 is 12.1 Å². The number of nitrogens with one attached hydrogen (secondary N) is 3. The summed E-state index contributed by atoms with van der Waals surface area (Å²) in [6.07, 6.45) is 3.13. The van der Waals surface area contributed by atoms with Gasteiger partial charge in [0.15, 0.2) is 0 Å². The predicted molar refractivity (Wildman–Crippen MR) is 127 cm³/mol. The monoisotopic (exact) mass is 474 g/mol. The number of hydrogen-bond acceptors (Lipinski definition) is 5. The molecule has 0 radical (unpaired) electrons. The fourth-order valence-electron chi connectivity index (χ4n) is 4.74. The first kappa shape index (κ1) is 22.6. The van der Waals surface area contributed by atoms with Crippen LogP contribution in [0.3, 0.4) is 0 Å². The molecule has 180 valence electrons. The Balaban J connectivity index is 1.22. The standard InChI is InChI=1S/C26H26N4O5/c31-24(28-11-15-9-21(15)25(32)33)23(10-16-12-27-14-29-16)30-26(34)35-13-22-19-7-3-1-5-17(19)18-6-2-4-8-20(18)22/h1-8,12,14-15,21-23H,9-11,13H2,(H,27,29)(H,28,31)(H,30,34)(H,32,33)/t15?,21?,23-/m0/s1. The first-order valence-corrected chi connectivity index (χ1v) is 11.6. The van der Waals surface area contributed by atoms with Crippen molar-refractivity contribution in [3.05, 3.63) is 77.9 Å². The topological polar surface area (TPSA) is 133 Å². The second-order valence-electron chi connectivity index (χ2n) is 8.99. The zero-order valence-corrected chi connectivity index (χ0v) is 18.9. The van der Waals surface area contributed by atoms with Gasteiger partial charge in [-0.05, 0) is 34.6 Å². The fourth-order valence-corrected chi connectivity index (χ4v) is 4.74. The molecule has 1 heterocycles. The highest BCUT2D eigenvalue weighted by Crippen LogP contribution is 2.44. The van der Waals surface area contributed by atoms with E-state index in [0.29, 0.717) is 12.1 Å². The van der Waals surface area contributed by atoms with Crippen LogP contribution in [0.4, 0.5) is 4.79 Å². The molecule has 4 N–H and O–H groups in total. The van der Waals surface area contributed by atoms with Gasteiger partial charge in [-0.3, -0.25) is 9.59 Å². The number of aromatic amines is 1. The van der Waals surface area contributed by atoms with Crippen molar-refractivity contribution in [2.24, 2.45) is 11.8 Å². The lowest BCUT2D eigenvalue weighted by Gasteiger charge is -2.19. The number of nitrogens with zero attached hydrogens (tertiary/aromatic N) is 1. The second kappa shape index (κ2) is 9.61. The van der Waals surface area contributed by atoms with Gasteiger partial charge in [0.05, 0.1) is 12.2 Å². The predicted octanol–water partition coefficient (Wildman–Crippen LogP) is 2.70. The molecule has 2 amide bonds. The van der Waals surface area contributed by atoms with Crippen molar-refractivity contribution in [1.29, 1.82) is 0 Å². The lowest BCUT2D eigenvalue weighted by molar-refractivity contribution is -0.139. The molecule has 3 atom stereocenters. The van der Waals surface area contributed by atoms with Crippen LogP contribution in [0.15, 0.2) is 61.1 Å². The maximum Gasteiger partial charge on any atom is 0.407 e. The van der Waals surface area contributed by atoms with E-state index in [1.165, 1.54) is 6.33 Å². The molecule has 2 aromatic carbocycles. The molecular formula is C26H26N4O5. The van der Waals surface area contributed by atoms with E-state index in [4.69, 9.17) is 9.84 Å². The number of benzene rings is 2. The number of carboxylic acid groups (broad SMARTS) is 1. The van der Waals surface area contributed by atoms with Crippen molar-refractivity contribution in [3.63, 3.8) is 0 Å². The maximum absolute atomic E-state index is 12.8. The number of aliphatic carboxylic acids is 1. The number of amides is 2. The summed E-state index contributed by atoms with van der Waals surface area (Å²) in [6.45, 7) is 0.391. The number of carbonyl (C=O) groups excluding carboxylic acids is 2. The van der Waals surface area contributed by atoms with Crippen LogP contribution in [-0.4, -0.2) is 52.2 Å². The Bertz CT molecular complexity index is 1200. The molecule has 1 aromatic heterocycles. The Morgan fingerprint density at radius 3 is 2.37 bits per heavy atom. The SMILES string of the molecule is O=C(N[C@@H](Cc1cnc[nH]1)C(=O)NCC1CC1C(=O)O)OCC1c2ccccc2-c2ccccc21. The smallest absolute Gasteiger partial charge is 0.407 e. The number of fused-ring (bicyclic) bond motifs is 3. The average Bonchev–Trinajstić information content (AvgIpc) is 3.34. The normalized spacial score (nSPS) is 18.7. The zero-order valence-electron chi connectivity index (χ0n) is 18.9. The van der Waals surface area contributed by atoms with Gasteiger partial charge in [0.2, 0.25) is 5.91 Å². The second-order valence-corrected chi connectivity index (χ2v) is 8.99. The third-order valence-electron chi connectivity index (χ3n) is 6.71. The molecule has 0 aliphatic heterocycles. The molecule has 1 fully saturated rings. The highest BCUT2D eigenvalue weighted by Gasteiger charge is 2.43. The van der Waals surface area contributed by atoms with Gasteiger partial charge in [-0.25, -0.2) is 9.78 Å². The number of imidazole rings is 1. The number of rotatable bonds is 9. The van der Waals surface area contributed by atoms with E-state index in [1.54, 1.807) is 6.20 Å². The molecule has 0 bridgehead atoms. The van der Waals surface area contributed by atoms with E-state index in [0.717, 1.165) is 22.3 Å². The van der Waals surface area contributed by atoms with Gasteiger partial charge in [-0.1, -0.05) is 48.5 Å². The average molecular weight is 475 g/mol. The molecule has 2 unspecified atom stereocenters. The number of H-pyrrole nitrogens is 1. The largest absolute Gasteiger partial charge is 0.481 e. The van der Waals surface area contributed by atoms with E-state index in [1.807, 2.05) is 36.4 Å². The number of alkyl carbamates (subject to hydrolysis) is 1. The summed E-state index contributed by atoms with van der Waals surface area (Å²) in [4.78, 5) is 43.5. The molecule has 2 aliphatic rings. The molecule has 3 aromatic rings. The summed E-state index contributed by atoms with van der Waals surface area (Å²) in [5, 5.41) is 14.5. The zero-order chi connectivity index (χ0) is 24.4. The van der Waals surface area contributed by atoms with Crippen LogP contribution in [0, 0.1) is 11.8 Å². The van der Waals surface area contributed by atoms with E-state index < -0.39 is 29.9 Å². The van der Waals surface area contributed by atoms with Gasteiger partial charge in [0, 0.05) is 30.8 Å². The number of carbonyl (C=O) groups is 3. The van der Waals surface area contributed by atoms with Gasteiger partial charge in [0.25, 0.3) is 0 Å². The van der Waals surface area contributed by atoms with Crippen molar-refractivity contribution < 1.29 is 24.2 Å². The molecule has 1 saturated carbocycles. The quantitative estimate of drug-likeness (QED) is 0.377. The Kier molecular flexibility index (Phi) is 6.22. The van der Waals surface area contributed by atoms with Crippen molar-refractivity contribution in [1.82, 2.24) is 20.6 Å². The van der Waals surface area contributed by atoms with Gasteiger partial charge in [-0.2, -0.15) is 0 Å². The third-order valence-corrected chi connectivity index (χ3v) is 6.71. The summed E-state index contributed by atoms with van der Waals surface area (Å²) in [7, 11) is 0. The van der Waals surface area contributed by atoms with E-state index >= 15 is 0 Å².